The highest BCUT2D eigenvalue weighted by atomic mass is 16.5. The monoisotopic (exact) mass is 193 g/mol. The Morgan fingerprint density at radius 3 is 2.93 bits per heavy atom. The molecule has 0 spiro atoms. The molecule has 0 aliphatic rings. The van der Waals surface area contributed by atoms with Gasteiger partial charge in [-0.25, -0.2) is 9.97 Å². The Bertz CT molecular complexity index is 299. The van der Waals surface area contributed by atoms with Crippen LogP contribution >= 0.6 is 0 Å². The molecule has 4 nitrogen and oxygen atoms in total. The van der Waals surface area contributed by atoms with Gasteiger partial charge >= 0.3 is 0 Å². The van der Waals surface area contributed by atoms with Gasteiger partial charge in [-0.2, -0.15) is 0 Å². The second-order valence-electron chi connectivity index (χ2n) is 2.75. The van der Waals surface area contributed by atoms with E-state index in [-0.39, 0.29) is 0 Å². The molecule has 1 N–H and O–H groups in total. The number of aromatic nitrogens is 2. The van der Waals surface area contributed by atoms with Crippen molar-refractivity contribution < 1.29 is 4.74 Å². The minimum Gasteiger partial charge on any atom is -0.479 e. The Balaban J connectivity index is 2.61. The lowest BCUT2D eigenvalue weighted by atomic mass is 10.3. The maximum atomic E-state index is 5.06. The topological polar surface area (TPSA) is 47.0 Å². The first-order valence-corrected chi connectivity index (χ1v) is 4.54. The molecule has 1 heterocycles. The first-order valence-electron chi connectivity index (χ1n) is 4.54. The zero-order valence-corrected chi connectivity index (χ0v) is 8.53. The van der Waals surface area contributed by atoms with Gasteiger partial charge in [0.25, 0.3) is 0 Å². The molecule has 1 rings (SSSR count). The van der Waals surface area contributed by atoms with Crippen LogP contribution in [0.1, 0.15) is 12.1 Å². The van der Waals surface area contributed by atoms with E-state index < -0.39 is 0 Å². The third-order valence-electron chi connectivity index (χ3n) is 1.72. The largest absolute Gasteiger partial charge is 0.479 e. The molecule has 1 aromatic rings. The lowest BCUT2D eigenvalue weighted by molar-refractivity contribution is 0.394. The fourth-order valence-corrected chi connectivity index (χ4v) is 1.03. The zero-order chi connectivity index (χ0) is 10.2. The number of rotatable bonds is 5. The van der Waals surface area contributed by atoms with E-state index in [4.69, 9.17) is 4.74 Å². The standard InChI is InChI=1S/C10H15N3O/c1-11-6-4-3-5-9-10(14-2)13-8-7-12-9/h3,5,7-8,11H,4,6H2,1-2H3/b5-3+. The summed E-state index contributed by atoms with van der Waals surface area (Å²) in [5.74, 6) is 0.563. The van der Waals surface area contributed by atoms with Crippen LogP contribution in [0.25, 0.3) is 6.08 Å². The summed E-state index contributed by atoms with van der Waals surface area (Å²) in [6.45, 7) is 0.957. The Morgan fingerprint density at radius 2 is 2.21 bits per heavy atom. The number of methoxy groups -OCH3 is 1. The Morgan fingerprint density at radius 1 is 1.43 bits per heavy atom. The Kier molecular flexibility index (Phi) is 4.64. The van der Waals surface area contributed by atoms with Crippen LogP contribution in [0, 0.1) is 0 Å². The predicted octanol–water partition coefficient (Wildman–Crippen LogP) is 1.11. The molecule has 0 aliphatic heterocycles. The van der Waals surface area contributed by atoms with E-state index in [0.29, 0.717) is 5.88 Å². The molecule has 0 atom stereocenters. The highest BCUT2D eigenvalue weighted by Gasteiger charge is 1.99. The molecule has 0 bridgehead atoms. The quantitative estimate of drug-likeness (QED) is 0.711. The molecule has 0 fully saturated rings. The van der Waals surface area contributed by atoms with Crippen LogP contribution in [-0.4, -0.2) is 30.7 Å². The van der Waals surface area contributed by atoms with Crippen LogP contribution in [-0.2, 0) is 0 Å². The van der Waals surface area contributed by atoms with Crippen LogP contribution in [0.5, 0.6) is 5.88 Å². The molecular formula is C10H15N3O. The Labute approximate surface area is 84.0 Å². The van der Waals surface area contributed by atoms with Gasteiger partial charge in [0.15, 0.2) is 0 Å². The maximum absolute atomic E-state index is 5.06. The average molecular weight is 193 g/mol. The molecule has 0 aliphatic carbocycles. The van der Waals surface area contributed by atoms with Gasteiger partial charge in [-0.3, -0.25) is 0 Å². The van der Waals surface area contributed by atoms with Crippen molar-refractivity contribution in [3.05, 3.63) is 24.2 Å². The van der Waals surface area contributed by atoms with Crippen molar-refractivity contribution in [2.75, 3.05) is 20.7 Å². The summed E-state index contributed by atoms with van der Waals surface area (Å²) in [5.41, 5.74) is 0.770. The first-order chi connectivity index (χ1) is 6.88. The van der Waals surface area contributed by atoms with Gasteiger partial charge in [0.1, 0.15) is 5.69 Å². The number of hydrogen-bond acceptors (Lipinski definition) is 4. The van der Waals surface area contributed by atoms with Gasteiger partial charge in [0.2, 0.25) is 5.88 Å². The number of nitrogens with zero attached hydrogens (tertiary/aromatic N) is 2. The third kappa shape index (κ3) is 3.14. The second-order valence-corrected chi connectivity index (χ2v) is 2.75. The molecule has 4 heteroatoms. The van der Waals surface area contributed by atoms with Gasteiger partial charge in [-0.1, -0.05) is 6.08 Å². The summed E-state index contributed by atoms with van der Waals surface area (Å²) in [6.07, 6.45) is 8.20. The third-order valence-corrected chi connectivity index (χ3v) is 1.72. The highest BCUT2D eigenvalue weighted by molar-refractivity contribution is 5.49. The van der Waals surface area contributed by atoms with Crippen molar-refractivity contribution >= 4 is 6.08 Å². The van der Waals surface area contributed by atoms with Gasteiger partial charge in [0.05, 0.1) is 7.11 Å². The summed E-state index contributed by atoms with van der Waals surface area (Å²) in [4.78, 5) is 8.20. The summed E-state index contributed by atoms with van der Waals surface area (Å²) in [6, 6.07) is 0. The summed E-state index contributed by atoms with van der Waals surface area (Å²) < 4.78 is 5.06. The molecule has 0 amide bonds. The van der Waals surface area contributed by atoms with E-state index in [9.17, 15) is 0 Å². The summed E-state index contributed by atoms with van der Waals surface area (Å²) in [5, 5.41) is 3.06. The van der Waals surface area contributed by atoms with Gasteiger partial charge in [-0.05, 0) is 26.1 Å². The van der Waals surface area contributed by atoms with E-state index in [2.05, 4.69) is 15.3 Å². The molecule has 0 radical (unpaired) electrons. The second kappa shape index (κ2) is 6.10. The lowest BCUT2D eigenvalue weighted by Gasteiger charge is -2.00. The minimum atomic E-state index is 0.563. The summed E-state index contributed by atoms with van der Waals surface area (Å²) >= 11 is 0. The highest BCUT2D eigenvalue weighted by Crippen LogP contribution is 2.11. The molecule has 0 unspecified atom stereocenters. The SMILES string of the molecule is CNCC/C=C/c1nccnc1OC. The van der Waals surface area contributed by atoms with Crippen molar-refractivity contribution in [2.24, 2.45) is 0 Å². The van der Waals surface area contributed by atoms with Gasteiger partial charge in [-0.15, -0.1) is 0 Å². The fraction of sp³-hybridized carbons (Fsp3) is 0.400. The van der Waals surface area contributed by atoms with Crippen LogP contribution in [0.3, 0.4) is 0 Å². The van der Waals surface area contributed by atoms with Gasteiger partial charge in [0, 0.05) is 12.4 Å². The molecule has 0 saturated heterocycles. The van der Waals surface area contributed by atoms with E-state index in [1.54, 1.807) is 19.5 Å². The van der Waals surface area contributed by atoms with Crippen molar-refractivity contribution in [3.8, 4) is 5.88 Å². The fourth-order valence-electron chi connectivity index (χ4n) is 1.03. The smallest absolute Gasteiger partial charge is 0.239 e. The molecule has 14 heavy (non-hydrogen) atoms. The van der Waals surface area contributed by atoms with Crippen LogP contribution in [0.2, 0.25) is 0 Å². The van der Waals surface area contributed by atoms with E-state index in [1.165, 1.54) is 0 Å². The average Bonchev–Trinajstić information content (AvgIpc) is 2.25. The molecule has 0 saturated carbocycles. The lowest BCUT2D eigenvalue weighted by Crippen LogP contribution is -2.05. The minimum absolute atomic E-state index is 0.563. The van der Waals surface area contributed by atoms with Crippen molar-refractivity contribution in [2.45, 2.75) is 6.42 Å². The van der Waals surface area contributed by atoms with E-state index in [1.807, 2.05) is 19.2 Å². The number of nitrogens with one attached hydrogen (secondary N) is 1. The predicted molar refractivity (Wildman–Crippen MR) is 56.2 cm³/mol. The summed E-state index contributed by atoms with van der Waals surface area (Å²) in [7, 11) is 3.52. The number of ether oxygens (including phenoxy) is 1. The Hall–Kier alpha value is -1.42. The van der Waals surface area contributed by atoms with E-state index in [0.717, 1.165) is 18.7 Å². The normalized spacial score (nSPS) is 10.7. The van der Waals surface area contributed by atoms with Crippen molar-refractivity contribution in [1.82, 2.24) is 15.3 Å². The van der Waals surface area contributed by atoms with Crippen molar-refractivity contribution in [3.63, 3.8) is 0 Å². The molecule has 1 aromatic heterocycles. The molecule has 76 valence electrons. The number of hydrogen-bond donors (Lipinski definition) is 1. The van der Waals surface area contributed by atoms with E-state index >= 15 is 0 Å². The van der Waals surface area contributed by atoms with Crippen LogP contribution in [0.4, 0.5) is 0 Å². The van der Waals surface area contributed by atoms with Crippen LogP contribution < -0.4 is 10.1 Å². The molecular weight excluding hydrogens is 178 g/mol. The first kappa shape index (κ1) is 10.7. The maximum Gasteiger partial charge on any atom is 0.239 e. The zero-order valence-electron chi connectivity index (χ0n) is 8.53. The van der Waals surface area contributed by atoms with Gasteiger partial charge < -0.3 is 10.1 Å². The van der Waals surface area contributed by atoms with Crippen LogP contribution in [0.15, 0.2) is 18.5 Å². The van der Waals surface area contributed by atoms with Crippen molar-refractivity contribution in [1.29, 1.82) is 0 Å². The molecule has 0 aromatic carbocycles.